The first-order valence-corrected chi connectivity index (χ1v) is 4.15. The highest BCUT2D eigenvalue weighted by atomic mass is 35.5. The number of alkyl halides is 3. The van der Waals surface area contributed by atoms with Crippen molar-refractivity contribution in [3.8, 4) is 0 Å². The number of hydrogen-bond acceptors (Lipinski definition) is 1. The third-order valence-electron chi connectivity index (χ3n) is 1.58. The fraction of sp³-hybridized carbons (Fsp3) is 0.222. The molecule has 0 bridgehead atoms. The predicted molar refractivity (Wildman–Crippen MR) is 48.2 cm³/mol. The molecule has 1 aromatic heterocycles. The molecule has 0 unspecified atom stereocenters. The van der Waals surface area contributed by atoms with E-state index in [2.05, 4.69) is 11.6 Å². The van der Waals surface area contributed by atoms with E-state index < -0.39 is 16.9 Å². The molecule has 0 aliphatic rings. The van der Waals surface area contributed by atoms with Gasteiger partial charge in [-0.25, -0.2) is 4.98 Å². The molecule has 0 aliphatic carbocycles. The van der Waals surface area contributed by atoms with E-state index in [1.807, 2.05) is 0 Å². The number of hydrogen-bond donors (Lipinski definition) is 0. The molecule has 0 atom stereocenters. The van der Waals surface area contributed by atoms with Crippen molar-refractivity contribution in [2.45, 2.75) is 12.6 Å². The lowest BCUT2D eigenvalue weighted by Crippen LogP contribution is -2.07. The molecule has 1 rings (SSSR count). The van der Waals surface area contributed by atoms with Crippen LogP contribution in [0.5, 0.6) is 0 Å². The van der Waals surface area contributed by atoms with Crippen LogP contribution in [0.1, 0.15) is 11.1 Å². The van der Waals surface area contributed by atoms with Crippen LogP contribution in [0.25, 0.3) is 0 Å². The van der Waals surface area contributed by atoms with Gasteiger partial charge >= 0.3 is 6.18 Å². The summed E-state index contributed by atoms with van der Waals surface area (Å²) in [4.78, 5) is 3.46. The van der Waals surface area contributed by atoms with Crippen LogP contribution >= 0.6 is 11.6 Å². The summed E-state index contributed by atoms with van der Waals surface area (Å²) < 4.78 is 37.0. The highest BCUT2D eigenvalue weighted by Gasteiger charge is 2.34. The van der Waals surface area contributed by atoms with Crippen molar-refractivity contribution < 1.29 is 13.2 Å². The summed E-state index contributed by atoms with van der Waals surface area (Å²) in [5, 5.41) is -0.523. The number of allylic oxidation sites excluding steroid dienone is 1. The van der Waals surface area contributed by atoms with Gasteiger partial charge in [-0.05, 0) is 18.1 Å². The molecule has 76 valence electrons. The Balaban J connectivity index is 3.15. The van der Waals surface area contributed by atoms with Gasteiger partial charge in [-0.1, -0.05) is 17.7 Å². The normalized spacial score (nSPS) is 11.4. The van der Waals surface area contributed by atoms with Gasteiger partial charge in [0.2, 0.25) is 0 Å². The molecular weight excluding hydrogens is 215 g/mol. The Morgan fingerprint density at radius 2 is 2.14 bits per heavy atom. The van der Waals surface area contributed by atoms with Crippen LogP contribution in [0.2, 0.25) is 5.15 Å². The van der Waals surface area contributed by atoms with Gasteiger partial charge in [0, 0.05) is 6.20 Å². The lowest BCUT2D eigenvalue weighted by atomic mass is 10.1. The van der Waals surface area contributed by atoms with Crippen LogP contribution < -0.4 is 0 Å². The molecule has 0 radical (unpaired) electrons. The van der Waals surface area contributed by atoms with E-state index in [-0.39, 0.29) is 0 Å². The van der Waals surface area contributed by atoms with Crippen LogP contribution in [0.3, 0.4) is 0 Å². The van der Waals surface area contributed by atoms with Gasteiger partial charge < -0.3 is 0 Å². The topological polar surface area (TPSA) is 12.9 Å². The van der Waals surface area contributed by atoms with Gasteiger partial charge in [-0.15, -0.1) is 6.58 Å². The van der Waals surface area contributed by atoms with Crippen molar-refractivity contribution in [1.82, 2.24) is 4.98 Å². The highest BCUT2D eigenvalue weighted by molar-refractivity contribution is 6.30. The Morgan fingerprint density at radius 3 is 2.64 bits per heavy atom. The van der Waals surface area contributed by atoms with E-state index in [1.165, 1.54) is 12.3 Å². The maximum Gasteiger partial charge on any atom is 0.419 e. The Morgan fingerprint density at radius 1 is 1.50 bits per heavy atom. The van der Waals surface area contributed by atoms with Gasteiger partial charge in [-0.2, -0.15) is 13.2 Å². The lowest BCUT2D eigenvalue weighted by Gasteiger charge is -2.08. The Bertz CT molecular complexity index is 346. The second-order valence-electron chi connectivity index (χ2n) is 2.67. The maximum atomic E-state index is 12.3. The molecular formula is C9H7ClF3N. The Hall–Kier alpha value is -1.03. The van der Waals surface area contributed by atoms with Crippen LogP contribution in [-0.4, -0.2) is 4.98 Å². The molecule has 0 fully saturated rings. The second-order valence-corrected chi connectivity index (χ2v) is 3.03. The highest BCUT2D eigenvalue weighted by Crippen LogP contribution is 2.33. The zero-order chi connectivity index (χ0) is 10.8. The van der Waals surface area contributed by atoms with E-state index in [1.54, 1.807) is 0 Å². The first-order valence-electron chi connectivity index (χ1n) is 3.77. The summed E-state index contributed by atoms with van der Waals surface area (Å²) in [6.07, 6.45) is -1.31. The van der Waals surface area contributed by atoms with Crippen LogP contribution in [0.15, 0.2) is 24.9 Å². The summed E-state index contributed by atoms with van der Waals surface area (Å²) in [7, 11) is 0. The van der Waals surface area contributed by atoms with E-state index in [4.69, 9.17) is 11.6 Å². The Kier molecular flexibility index (Phi) is 3.16. The first-order chi connectivity index (χ1) is 6.45. The number of aromatic nitrogens is 1. The summed E-state index contributed by atoms with van der Waals surface area (Å²) in [6.45, 7) is 3.43. The van der Waals surface area contributed by atoms with Gasteiger partial charge in [0.05, 0.1) is 5.56 Å². The van der Waals surface area contributed by atoms with E-state index in [0.29, 0.717) is 12.0 Å². The van der Waals surface area contributed by atoms with Gasteiger partial charge in [0.1, 0.15) is 5.15 Å². The molecule has 0 saturated heterocycles. The fourth-order valence-electron chi connectivity index (χ4n) is 0.968. The zero-order valence-electron chi connectivity index (χ0n) is 7.11. The zero-order valence-corrected chi connectivity index (χ0v) is 7.86. The molecule has 0 spiro atoms. The monoisotopic (exact) mass is 221 g/mol. The van der Waals surface area contributed by atoms with Crippen molar-refractivity contribution in [3.05, 3.63) is 41.2 Å². The van der Waals surface area contributed by atoms with Gasteiger partial charge in [0.15, 0.2) is 0 Å². The maximum absolute atomic E-state index is 12.3. The third kappa shape index (κ3) is 2.48. The second kappa shape index (κ2) is 4.00. The molecule has 0 saturated carbocycles. The number of nitrogens with zero attached hydrogens (tertiary/aromatic N) is 1. The van der Waals surface area contributed by atoms with Crippen LogP contribution in [0.4, 0.5) is 13.2 Å². The molecule has 1 nitrogen and oxygen atoms in total. The minimum atomic E-state index is -4.46. The molecule has 0 N–H and O–H groups in total. The van der Waals surface area contributed by atoms with Crippen molar-refractivity contribution in [1.29, 1.82) is 0 Å². The molecule has 1 aromatic rings. The molecule has 1 heterocycles. The summed E-state index contributed by atoms with van der Waals surface area (Å²) in [5.41, 5.74) is -0.463. The lowest BCUT2D eigenvalue weighted by molar-refractivity contribution is -0.137. The molecule has 14 heavy (non-hydrogen) atoms. The molecule has 5 heteroatoms. The first kappa shape index (κ1) is 11.0. The Labute approximate surface area is 84.2 Å². The average molecular weight is 222 g/mol. The summed E-state index contributed by atoms with van der Waals surface area (Å²) in [6, 6.07) is 0.983. The van der Waals surface area contributed by atoms with Crippen molar-refractivity contribution in [3.63, 3.8) is 0 Å². The van der Waals surface area contributed by atoms with E-state index in [9.17, 15) is 13.2 Å². The number of pyridine rings is 1. The number of rotatable bonds is 2. The average Bonchev–Trinajstić information content (AvgIpc) is 2.07. The SMILES string of the molecule is C=CCc1cnc(Cl)c(C(F)(F)F)c1. The summed E-state index contributed by atoms with van der Waals surface area (Å²) in [5.74, 6) is 0. The minimum Gasteiger partial charge on any atom is -0.244 e. The largest absolute Gasteiger partial charge is 0.419 e. The van der Waals surface area contributed by atoms with Crippen molar-refractivity contribution in [2.75, 3.05) is 0 Å². The smallest absolute Gasteiger partial charge is 0.244 e. The minimum absolute atomic E-state index is 0.341. The van der Waals surface area contributed by atoms with Gasteiger partial charge in [0.25, 0.3) is 0 Å². The van der Waals surface area contributed by atoms with Crippen LogP contribution in [0, 0.1) is 0 Å². The molecule has 0 aromatic carbocycles. The van der Waals surface area contributed by atoms with E-state index >= 15 is 0 Å². The van der Waals surface area contributed by atoms with E-state index in [0.717, 1.165) is 6.07 Å². The third-order valence-corrected chi connectivity index (χ3v) is 1.88. The molecule has 0 aliphatic heterocycles. The standard InChI is InChI=1S/C9H7ClF3N/c1-2-3-6-4-7(9(11,12)13)8(10)14-5-6/h2,4-5H,1,3H2. The summed E-state index contributed by atoms with van der Waals surface area (Å²) >= 11 is 5.32. The van der Waals surface area contributed by atoms with Crippen molar-refractivity contribution >= 4 is 11.6 Å². The molecule has 0 amide bonds. The predicted octanol–water partition coefficient (Wildman–Crippen LogP) is 3.48. The van der Waals surface area contributed by atoms with Gasteiger partial charge in [-0.3, -0.25) is 0 Å². The van der Waals surface area contributed by atoms with Crippen molar-refractivity contribution in [2.24, 2.45) is 0 Å². The quantitative estimate of drug-likeness (QED) is 0.550. The number of halogens is 4. The van der Waals surface area contributed by atoms with Crippen LogP contribution in [-0.2, 0) is 12.6 Å². The fourth-order valence-corrected chi connectivity index (χ4v) is 1.18.